The van der Waals surface area contributed by atoms with Gasteiger partial charge in [-0.3, -0.25) is 0 Å². The van der Waals surface area contributed by atoms with Crippen LogP contribution in [0.25, 0.3) is 93.6 Å². The summed E-state index contributed by atoms with van der Waals surface area (Å²) < 4.78 is 7.51. The minimum absolute atomic E-state index is 1.14. The SMILES string of the molecule is c1ccc(-c2cccc(-n3c4ccccc4c4c5c(c6ccccc6n5-c5ccccc5)c5c(c6ccccc6n5-c5ccccc5)c43)c2)cc1. The van der Waals surface area contributed by atoms with Gasteiger partial charge in [-0.25, -0.2) is 0 Å². The van der Waals surface area contributed by atoms with Gasteiger partial charge in [-0.1, -0.05) is 133 Å². The van der Waals surface area contributed by atoms with Crippen LogP contribution in [0.5, 0.6) is 0 Å². The van der Waals surface area contributed by atoms with E-state index in [1.807, 2.05) is 0 Å². The van der Waals surface area contributed by atoms with Gasteiger partial charge in [0.05, 0.1) is 33.1 Å². The lowest BCUT2D eigenvalue weighted by molar-refractivity contribution is 1.17. The quantitative estimate of drug-likeness (QED) is 0.180. The van der Waals surface area contributed by atoms with E-state index in [0.717, 1.165) is 17.1 Å². The van der Waals surface area contributed by atoms with Crippen LogP contribution in [-0.4, -0.2) is 13.7 Å². The molecule has 0 saturated carbocycles. The number of rotatable bonds is 4. The van der Waals surface area contributed by atoms with Crippen LogP contribution < -0.4 is 0 Å². The van der Waals surface area contributed by atoms with Gasteiger partial charge in [0.2, 0.25) is 0 Å². The van der Waals surface area contributed by atoms with Gasteiger partial charge in [-0.05, 0) is 65.7 Å². The number of aromatic nitrogens is 3. The highest BCUT2D eigenvalue weighted by atomic mass is 15.0. The number of nitrogens with zero attached hydrogens (tertiary/aromatic N) is 3. The second-order valence-electron chi connectivity index (χ2n) is 13.3. The third-order valence-corrected chi connectivity index (χ3v) is 10.6. The van der Waals surface area contributed by atoms with Crippen LogP contribution in [0.3, 0.4) is 0 Å². The summed E-state index contributed by atoms with van der Waals surface area (Å²) >= 11 is 0. The van der Waals surface area contributed by atoms with E-state index in [-0.39, 0.29) is 0 Å². The molecule has 0 unspecified atom stereocenters. The lowest BCUT2D eigenvalue weighted by Gasteiger charge is -2.14. The maximum Gasteiger partial charge on any atom is 0.0663 e. The molecular formula is C48H31N3. The van der Waals surface area contributed by atoms with E-state index < -0.39 is 0 Å². The fourth-order valence-electron chi connectivity index (χ4n) is 8.56. The molecule has 0 aliphatic heterocycles. The fraction of sp³-hybridized carbons (Fsp3) is 0. The van der Waals surface area contributed by atoms with Gasteiger partial charge in [0.15, 0.2) is 0 Å². The fourth-order valence-corrected chi connectivity index (χ4v) is 8.56. The second-order valence-corrected chi connectivity index (χ2v) is 13.3. The summed E-state index contributed by atoms with van der Waals surface area (Å²) in [5, 5.41) is 7.50. The Bertz CT molecular complexity index is 3040. The summed E-state index contributed by atoms with van der Waals surface area (Å²) in [5.41, 5.74) is 13.1. The molecule has 3 heteroatoms. The van der Waals surface area contributed by atoms with Crippen LogP contribution in [0.4, 0.5) is 0 Å². The molecule has 0 fully saturated rings. The van der Waals surface area contributed by atoms with Gasteiger partial charge in [0.25, 0.3) is 0 Å². The van der Waals surface area contributed by atoms with Crippen molar-refractivity contribution in [2.75, 3.05) is 0 Å². The maximum atomic E-state index is 2.52. The van der Waals surface area contributed by atoms with Crippen molar-refractivity contribution in [3.63, 3.8) is 0 Å². The first-order valence-corrected chi connectivity index (χ1v) is 17.5. The predicted octanol–water partition coefficient (Wildman–Crippen LogP) is 12.6. The van der Waals surface area contributed by atoms with E-state index >= 15 is 0 Å². The van der Waals surface area contributed by atoms with Crippen molar-refractivity contribution in [1.29, 1.82) is 0 Å². The molecule has 51 heavy (non-hydrogen) atoms. The molecule has 238 valence electrons. The monoisotopic (exact) mass is 649 g/mol. The Kier molecular flexibility index (Phi) is 5.96. The molecule has 3 aromatic heterocycles. The van der Waals surface area contributed by atoms with Crippen molar-refractivity contribution in [2.45, 2.75) is 0 Å². The van der Waals surface area contributed by atoms with Crippen molar-refractivity contribution >= 4 is 65.4 Å². The minimum atomic E-state index is 1.14. The van der Waals surface area contributed by atoms with E-state index in [1.54, 1.807) is 0 Å². The normalized spacial score (nSPS) is 11.9. The predicted molar refractivity (Wildman–Crippen MR) is 215 cm³/mol. The Balaban J connectivity index is 1.47. The zero-order valence-electron chi connectivity index (χ0n) is 27.7. The van der Waals surface area contributed by atoms with Crippen LogP contribution >= 0.6 is 0 Å². The molecule has 0 atom stereocenters. The highest BCUT2D eigenvalue weighted by Crippen LogP contribution is 2.50. The summed E-state index contributed by atoms with van der Waals surface area (Å²) in [6, 6.07) is 68.2. The van der Waals surface area contributed by atoms with Gasteiger partial charge >= 0.3 is 0 Å². The third kappa shape index (κ3) is 3.94. The number of benzene rings is 8. The number of hydrogen-bond donors (Lipinski definition) is 0. The summed E-state index contributed by atoms with van der Waals surface area (Å²) in [7, 11) is 0. The van der Waals surface area contributed by atoms with E-state index in [9.17, 15) is 0 Å². The van der Waals surface area contributed by atoms with Crippen LogP contribution in [0.15, 0.2) is 188 Å². The molecule has 0 N–H and O–H groups in total. The lowest BCUT2D eigenvalue weighted by atomic mass is 10.0. The summed E-state index contributed by atoms with van der Waals surface area (Å²) in [4.78, 5) is 0. The molecule has 3 nitrogen and oxygen atoms in total. The molecule has 3 heterocycles. The first-order valence-electron chi connectivity index (χ1n) is 17.5. The summed E-state index contributed by atoms with van der Waals surface area (Å²) in [6.45, 7) is 0. The van der Waals surface area contributed by atoms with Crippen molar-refractivity contribution in [1.82, 2.24) is 13.7 Å². The van der Waals surface area contributed by atoms with Gasteiger partial charge < -0.3 is 13.7 Å². The molecule has 0 spiro atoms. The maximum absolute atomic E-state index is 2.52. The molecule has 0 bridgehead atoms. The molecule has 0 saturated heterocycles. The van der Waals surface area contributed by atoms with Crippen molar-refractivity contribution in [3.05, 3.63) is 188 Å². The molecule has 11 rings (SSSR count). The molecule has 0 amide bonds. The average molecular weight is 650 g/mol. The molecule has 0 aliphatic carbocycles. The van der Waals surface area contributed by atoms with Gasteiger partial charge in [-0.15, -0.1) is 0 Å². The molecular weight excluding hydrogens is 619 g/mol. The first-order chi connectivity index (χ1) is 25.4. The molecule has 8 aromatic carbocycles. The van der Waals surface area contributed by atoms with Crippen molar-refractivity contribution < 1.29 is 0 Å². The number of para-hydroxylation sites is 5. The summed E-state index contributed by atoms with van der Waals surface area (Å²) in [5.74, 6) is 0. The van der Waals surface area contributed by atoms with E-state index in [2.05, 4.69) is 202 Å². The van der Waals surface area contributed by atoms with Crippen LogP contribution in [0.2, 0.25) is 0 Å². The summed E-state index contributed by atoms with van der Waals surface area (Å²) in [6.07, 6.45) is 0. The molecule has 0 aliphatic rings. The molecule has 11 aromatic rings. The lowest BCUT2D eigenvalue weighted by Crippen LogP contribution is -1.98. The topological polar surface area (TPSA) is 14.8 Å². The van der Waals surface area contributed by atoms with Gasteiger partial charge in [-0.2, -0.15) is 0 Å². The molecule has 0 radical (unpaired) electrons. The van der Waals surface area contributed by atoms with E-state index in [0.29, 0.717) is 0 Å². The van der Waals surface area contributed by atoms with E-state index in [1.165, 1.54) is 76.5 Å². The number of hydrogen-bond acceptors (Lipinski definition) is 0. The van der Waals surface area contributed by atoms with Crippen LogP contribution in [0, 0.1) is 0 Å². The average Bonchev–Trinajstić information content (AvgIpc) is 3.85. The standard InChI is InChI=1S/C48H31N3/c1-4-17-32(18-5-1)33-19-16-24-36(31-33)51-42-30-15-12-27-39(42)45-47-43(37-25-10-13-28-40(37)49(47)34-20-6-2-7-21-34)46-44(48(45)51)38-26-11-14-29-41(38)50(46)35-22-8-3-9-23-35/h1-31H. The van der Waals surface area contributed by atoms with Crippen LogP contribution in [0.1, 0.15) is 0 Å². The van der Waals surface area contributed by atoms with Crippen molar-refractivity contribution in [2.24, 2.45) is 0 Å². The Morgan fingerprint density at radius 2 is 0.588 bits per heavy atom. The smallest absolute Gasteiger partial charge is 0.0663 e. The van der Waals surface area contributed by atoms with Gasteiger partial charge in [0, 0.05) is 49.4 Å². The first kappa shape index (κ1) is 28.0. The Labute approximate surface area is 294 Å². The van der Waals surface area contributed by atoms with Gasteiger partial charge in [0.1, 0.15) is 0 Å². The Morgan fingerprint density at radius 1 is 0.255 bits per heavy atom. The largest absolute Gasteiger partial charge is 0.308 e. The number of fused-ring (bicyclic) bond motifs is 12. The second kappa shape index (κ2) is 10.8. The third-order valence-electron chi connectivity index (χ3n) is 10.6. The van der Waals surface area contributed by atoms with Crippen LogP contribution in [-0.2, 0) is 0 Å². The Morgan fingerprint density at radius 3 is 1.04 bits per heavy atom. The zero-order chi connectivity index (χ0) is 33.5. The highest BCUT2D eigenvalue weighted by molar-refractivity contribution is 6.40. The van der Waals surface area contributed by atoms with Crippen molar-refractivity contribution in [3.8, 4) is 28.2 Å². The zero-order valence-corrected chi connectivity index (χ0v) is 27.7. The highest BCUT2D eigenvalue weighted by Gasteiger charge is 2.28. The minimum Gasteiger partial charge on any atom is -0.308 e. The Hall–Kier alpha value is -6.84. The van der Waals surface area contributed by atoms with E-state index in [4.69, 9.17) is 0 Å².